The molecule has 1 fully saturated rings. The van der Waals surface area contributed by atoms with Gasteiger partial charge in [-0.1, -0.05) is 18.2 Å². The van der Waals surface area contributed by atoms with Gasteiger partial charge in [-0.15, -0.1) is 0 Å². The number of hydrogen-bond acceptors (Lipinski definition) is 3. The van der Waals surface area contributed by atoms with Gasteiger partial charge in [-0.25, -0.2) is 4.68 Å². The van der Waals surface area contributed by atoms with Crippen LogP contribution in [0.25, 0.3) is 5.69 Å². The van der Waals surface area contributed by atoms with Gasteiger partial charge in [0.15, 0.2) is 5.41 Å². The Morgan fingerprint density at radius 2 is 1.86 bits per heavy atom. The topological polar surface area (TPSA) is 75.4 Å². The molecule has 1 aliphatic heterocycles. The summed E-state index contributed by atoms with van der Waals surface area (Å²) in [6.07, 6.45) is -5.69. The first-order valence-corrected chi connectivity index (χ1v) is 8.75. The van der Waals surface area contributed by atoms with E-state index < -0.39 is 36.4 Å². The molecule has 2 aromatic rings. The third-order valence-corrected chi connectivity index (χ3v) is 5.34. The number of carboxylic acid groups (broad SMARTS) is 1. The maximum Gasteiger partial charge on any atom is 0.406 e. The van der Waals surface area contributed by atoms with Gasteiger partial charge < -0.3 is 10.0 Å². The SMILES string of the molecule is Cc1nn(-c2ccccc2)c(C)c1CC(=O)N1CCC(C(=O)O)(C(F)(F)F)C1. The van der Waals surface area contributed by atoms with Gasteiger partial charge in [-0.05, 0) is 32.4 Å². The van der Waals surface area contributed by atoms with Crippen LogP contribution in [0.15, 0.2) is 30.3 Å². The van der Waals surface area contributed by atoms with Gasteiger partial charge >= 0.3 is 12.1 Å². The van der Waals surface area contributed by atoms with E-state index in [1.54, 1.807) is 18.5 Å². The second-order valence-corrected chi connectivity index (χ2v) is 7.02. The van der Waals surface area contributed by atoms with Crippen molar-refractivity contribution in [3.63, 3.8) is 0 Å². The fraction of sp³-hybridized carbons (Fsp3) is 0.421. The van der Waals surface area contributed by atoms with Crippen molar-refractivity contribution in [2.24, 2.45) is 5.41 Å². The predicted molar refractivity (Wildman–Crippen MR) is 94.1 cm³/mol. The molecule has 1 aromatic carbocycles. The molecular weight excluding hydrogens is 375 g/mol. The maximum atomic E-state index is 13.3. The molecule has 0 aliphatic carbocycles. The lowest BCUT2D eigenvalue weighted by Crippen LogP contribution is -2.47. The minimum absolute atomic E-state index is 0.127. The summed E-state index contributed by atoms with van der Waals surface area (Å²) in [4.78, 5) is 24.9. The zero-order valence-electron chi connectivity index (χ0n) is 15.5. The highest BCUT2D eigenvalue weighted by atomic mass is 19.4. The number of alkyl halides is 3. The van der Waals surface area contributed by atoms with Crippen LogP contribution in [0.5, 0.6) is 0 Å². The molecule has 1 unspecified atom stereocenters. The van der Waals surface area contributed by atoms with Crippen molar-refractivity contribution in [3.05, 3.63) is 47.3 Å². The number of aryl methyl sites for hydroxylation is 1. The van der Waals surface area contributed by atoms with Crippen LogP contribution >= 0.6 is 0 Å². The average molecular weight is 395 g/mol. The molecular formula is C19H20F3N3O3. The van der Waals surface area contributed by atoms with E-state index in [1.165, 1.54) is 0 Å². The summed E-state index contributed by atoms with van der Waals surface area (Å²) in [5.74, 6) is -2.48. The quantitative estimate of drug-likeness (QED) is 0.864. The number of para-hydroxylation sites is 1. The third kappa shape index (κ3) is 3.25. The predicted octanol–water partition coefficient (Wildman–Crippen LogP) is 2.90. The standard InChI is InChI=1S/C19H20F3N3O3/c1-12-15(13(2)25(23-12)14-6-4-3-5-7-14)10-16(26)24-9-8-18(11-24,17(27)28)19(20,21)22/h3-7H,8-11H2,1-2H3,(H,27,28). The molecule has 0 saturated carbocycles. The number of carbonyl (C=O) groups is 2. The Morgan fingerprint density at radius 1 is 1.21 bits per heavy atom. The van der Waals surface area contributed by atoms with Crippen molar-refractivity contribution in [2.45, 2.75) is 32.9 Å². The first-order chi connectivity index (χ1) is 13.1. The number of benzene rings is 1. The second kappa shape index (κ2) is 6.96. The van der Waals surface area contributed by atoms with Gasteiger partial charge in [0.25, 0.3) is 0 Å². The van der Waals surface area contributed by atoms with Gasteiger partial charge in [0, 0.05) is 24.3 Å². The van der Waals surface area contributed by atoms with Crippen molar-refractivity contribution in [1.82, 2.24) is 14.7 Å². The van der Waals surface area contributed by atoms with Crippen LogP contribution < -0.4 is 0 Å². The third-order valence-electron chi connectivity index (χ3n) is 5.34. The molecule has 1 saturated heterocycles. The Bertz CT molecular complexity index is 908. The van der Waals surface area contributed by atoms with Gasteiger partial charge in [0.05, 0.1) is 17.8 Å². The van der Waals surface area contributed by atoms with Crippen molar-refractivity contribution in [2.75, 3.05) is 13.1 Å². The minimum atomic E-state index is -4.92. The van der Waals surface area contributed by atoms with Crippen molar-refractivity contribution >= 4 is 11.9 Å². The fourth-order valence-electron chi connectivity index (χ4n) is 3.56. The first-order valence-electron chi connectivity index (χ1n) is 8.75. The molecule has 0 bridgehead atoms. The van der Waals surface area contributed by atoms with Crippen molar-refractivity contribution in [1.29, 1.82) is 0 Å². The van der Waals surface area contributed by atoms with Crippen molar-refractivity contribution < 1.29 is 27.9 Å². The molecule has 6 nitrogen and oxygen atoms in total. The van der Waals surface area contributed by atoms with Crippen LogP contribution in [0.4, 0.5) is 13.2 Å². The number of carboxylic acids is 1. The number of amides is 1. The van der Waals surface area contributed by atoms with E-state index >= 15 is 0 Å². The van der Waals surface area contributed by atoms with E-state index in [1.807, 2.05) is 30.3 Å². The molecule has 3 rings (SSSR count). The molecule has 0 radical (unpaired) electrons. The van der Waals surface area contributed by atoms with E-state index in [-0.39, 0.29) is 13.0 Å². The summed E-state index contributed by atoms with van der Waals surface area (Å²) in [5.41, 5.74) is -0.134. The number of carbonyl (C=O) groups excluding carboxylic acids is 1. The second-order valence-electron chi connectivity index (χ2n) is 7.02. The normalized spacial score (nSPS) is 19.8. The Morgan fingerprint density at radius 3 is 2.39 bits per heavy atom. The van der Waals surface area contributed by atoms with Crippen LogP contribution in [0.1, 0.15) is 23.4 Å². The van der Waals surface area contributed by atoms with Crippen LogP contribution in [0.3, 0.4) is 0 Å². The van der Waals surface area contributed by atoms with Gasteiger partial charge in [0.1, 0.15) is 0 Å². The average Bonchev–Trinajstić information content (AvgIpc) is 3.20. The molecule has 1 atom stereocenters. The van der Waals surface area contributed by atoms with Crippen LogP contribution in [0.2, 0.25) is 0 Å². The smallest absolute Gasteiger partial charge is 0.406 e. The lowest BCUT2D eigenvalue weighted by Gasteiger charge is -2.27. The summed E-state index contributed by atoms with van der Waals surface area (Å²) in [6, 6.07) is 9.28. The number of halogens is 3. The molecule has 2 heterocycles. The summed E-state index contributed by atoms with van der Waals surface area (Å²) in [7, 11) is 0. The Kier molecular flexibility index (Phi) is 4.95. The monoisotopic (exact) mass is 395 g/mol. The number of hydrogen-bond donors (Lipinski definition) is 1. The number of aliphatic carboxylic acids is 1. The largest absolute Gasteiger partial charge is 0.481 e. The Labute approximate surface area is 159 Å². The zero-order valence-corrected chi connectivity index (χ0v) is 15.5. The molecule has 28 heavy (non-hydrogen) atoms. The van der Waals surface area contributed by atoms with Crippen LogP contribution in [-0.4, -0.2) is 50.9 Å². The van der Waals surface area contributed by atoms with Gasteiger partial charge in [-0.3, -0.25) is 9.59 Å². The number of nitrogens with zero attached hydrogens (tertiary/aromatic N) is 3. The first kappa shape index (κ1) is 19.9. The van der Waals surface area contributed by atoms with E-state index in [9.17, 15) is 22.8 Å². The fourth-order valence-corrected chi connectivity index (χ4v) is 3.56. The Balaban J connectivity index is 1.81. The lowest BCUT2D eigenvalue weighted by molar-refractivity contribution is -0.227. The molecule has 0 spiro atoms. The van der Waals surface area contributed by atoms with Crippen molar-refractivity contribution in [3.8, 4) is 5.69 Å². The van der Waals surface area contributed by atoms with Crippen LogP contribution in [-0.2, 0) is 16.0 Å². The molecule has 9 heteroatoms. The van der Waals surface area contributed by atoms with E-state index in [0.717, 1.165) is 16.3 Å². The van der Waals surface area contributed by atoms with Gasteiger partial charge in [-0.2, -0.15) is 18.3 Å². The maximum absolute atomic E-state index is 13.3. The van der Waals surface area contributed by atoms with E-state index in [4.69, 9.17) is 5.11 Å². The number of rotatable bonds is 4. The highest BCUT2D eigenvalue weighted by Gasteiger charge is 2.64. The van der Waals surface area contributed by atoms with Gasteiger partial charge in [0.2, 0.25) is 5.91 Å². The molecule has 150 valence electrons. The zero-order chi connectivity index (χ0) is 20.7. The molecule has 1 N–H and O–H groups in total. The minimum Gasteiger partial charge on any atom is -0.481 e. The molecule has 1 amide bonds. The lowest BCUT2D eigenvalue weighted by atomic mass is 9.86. The van der Waals surface area contributed by atoms with Crippen LogP contribution in [0, 0.1) is 19.3 Å². The summed E-state index contributed by atoms with van der Waals surface area (Å²) in [5, 5.41) is 13.6. The summed E-state index contributed by atoms with van der Waals surface area (Å²) >= 11 is 0. The highest BCUT2D eigenvalue weighted by Crippen LogP contribution is 2.45. The molecule has 1 aliphatic rings. The summed E-state index contributed by atoms with van der Waals surface area (Å²) < 4.78 is 41.6. The molecule has 1 aromatic heterocycles. The number of likely N-dealkylation sites (tertiary alicyclic amines) is 1. The number of aromatic nitrogens is 2. The Hall–Kier alpha value is -2.84. The van der Waals surface area contributed by atoms with E-state index in [2.05, 4.69) is 5.10 Å². The summed E-state index contributed by atoms with van der Waals surface area (Å²) in [6.45, 7) is 2.41. The van der Waals surface area contributed by atoms with E-state index in [0.29, 0.717) is 11.3 Å². The highest BCUT2D eigenvalue weighted by molar-refractivity contribution is 5.83.